The number of imidazole rings is 1. The van der Waals surface area contributed by atoms with Crippen LogP contribution >= 0.6 is 0 Å². The van der Waals surface area contributed by atoms with Gasteiger partial charge in [-0.2, -0.15) is 13.2 Å². The number of nitrogens with zero attached hydrogens (tertiary/aromatic N) is 3. The Labute approximate surface area is 243 Å². The minimum absolute atomic E-state index is 0.0985. The topological polar surface area (TPSA) is 102 Å². The van der Waals surface area contributed by atoms with E-state index >= 15 is 0 Å². The van der Waals surface area contributed by atoms with Crippen molar-refractivity contribution in [3.8, 4) is 22.8 Å². The zero-order chi connectivity index (χ0) is 30.4. The molecular weight excluding hydrogens is 566 g/mol. The van der Waals surface area contributed by atoms with Crippen LogP contribution < -0.4 is 14.8 Å². The van der Waals surface area contributed by atoms with E-state index in [4.69, 9.17) is 9.47 Å². The first kappa shape index (κ1) is 28.1. The van der Waals surface area contributed by atoms with Gasteiger partial charge in [-0.15, -0.1) is 0 Å². The largest absolute Gasteiger partial charge is 0.494 e. The fourth-order valence-corrected chi connectivity index (χ4v) is 5.28. The molecule has 2 atom stereocenters. The number of ether oxygens (including phenoxy) is 2. The predicted molar refractivity (Wildman–Crippen MR) is 150 cm³/mol. The molecule has 0 saturated heterocycles. The molecule has 0 fully saturated rings. The molecule has 5 aromatic rings. The molecule has 0 aliphatic carbocycles. The fourth-order valence-electron chi connectivity index (χ4n) is 5.28. The Morgan fingerprint density at radius 1 is 1.14 bits per heavy atom. The van der Waals surface area contributed by atoms with Crippen molar-refractivity contribution in [2.75, 3.05) is 20.3 Å². The molecule has 4 heterocycles. The maximum atomic E-state index is 14.7. The molecule has 1 aliphatic heterocycles. The number of methoxy groups -OCH3 is 1. The summed E-state index contributed by atoms with van der Waals surface area (Å²) in [5.41, 5.74) is 0.354. The Morgan fingerprint density at radius 3 is 2.63 bits per heavy atom. The molecule has 0 spiro atoms. The Morgan fingerprint density at radius 2 is 1.93 bits per heavy atom. The highest BCUT2D eigenvalue weighted by Crippen LogP contribution is 2.48. The van der Waals surface area contributed by atoms with Gasteiger partial charge in [0.1, 0.15) is 46.9 Å². The quantitative estimate of drug-likeness (QED) is 0.227. The average molecular weight is 592 g/mol. The first-order valence-corrected chi connectivity index (χ1v) is 13.3. The van der Waals surface area contributed by atoms with Gasteiger partial charge >= 0.3 is 6.18 Å². The molecule has 3 aromatic heterocycles. The van der Waals surface area contributed by atoms with Crippen LogP contribution in [0.1, 0.15) is 40.3 Å². The zero-order valence-corrected chi connectivity index (χ0v) is 23.0. The number of halogens is 4. The van der Waals surface area contributed by atoms with Gasteiger partial charge in [0.2, 0.25) is 0 Å². The fraction of sp³-hybridized carbons (Fsp3) is 0.226. The number of nitrogens with one attached hydrogen (secondary N) is 2. The number of aromatic amines is 1. The highest BCUT2D eigenvalue weighted by molar-refractivity contribution is 5.99. The van der Waals surface area contributed by atoms with Gasteiger partial charge in [-0.1, -0.05) is 6.07 Å². The third kappa shape index (κ3) is 5.13. The number of hydrogen-bond acceptors (Lipinski definition) is 6. The number of carbonyl (C=O) groups is 1. The Hall–Kier alpha value is -5.00. The van der Waals surface area contributed by atoms with Gasteiger partial charge < -0.3 is 19.8 Å². The van der Waals surface area contributed by atoms with Crippen molar-refractivity contribution in [1.82, 2.24) is 25.3 Å². The summed E-state index contributed by atoms with van der Waals surface area (Å²) in [6, 6.07) is 13.0. The molecule has 12 heteroatoms. The van der Waals surface area contributed by atoms with Crippen LogP contribution in [0.15, 0.2) is 73.2 Å². The third-order valence-electron chi connectivity index (χ3n) is 7.60. The van der Waals surface area contributed by atoms with Crippen molar-refractivity contribution in [2.24, 2.45) is 0 Å². The van der Waals surface area contributed by atoms with Crippen molar-refractivity contribution in [3.05, 3.63) is 102 Å². The molecule has 2 N–H and O–H groups in total. The van der Waals surface area contributed by atoms with E-state index in [9.17, 15) is 22.4 Å². The van der Waals surface area contributed by atoms with E-state index in [1.807, 2.05) is 6.92 Å². The van der Waals surface area contributed by atoms with Crippen LogP contribution in [0.5, 0.6) is 11.5 Å². The van der Waals surface area contributed by atoms with Gasteiger partial charge in [0.15, 0.2) is 0 Å². The van der Waals surface area contributed by atoms with E-state index in [0.29, 0.717) is 33.6 Å². The highest BCUT2D eigenvalue weighted by atomic mass is 19.4. The SMILES string of the molecule is COc1cc(C(=O)NC[C@H](c2cc3c(c(-c4ccc(F)cc4)n2)OC[C@]3(C)c2ncc[nH]2)C(F)(F)F)cc2cccnc12. The Balaban J connectivity index is 1.40. The van der Waals surface area contributed by atoms with Crippen molar-refractivity contribution in [1.29, 1.82) is 0 Å². The number of carbonyl (C=O) groups excluding carboxylic acids is 1. The molecule has 0 bridgehead atoms. The van der Waals surface area contributed by atoms with Gasteiger partial charge in [0, 0.05) is 47.2 Å². The van der Waals surface area contributed by atoms with Crippen LogP contribution in [0.25, 0.3) is 22.2 Å². The van der Waals surface area contributed by atoms with Crippen LogP contribution in [-0.2, 0) is 5.41 Å². The van der Waals surface area contributed by atoms with E-state index in [2.05, 4.69) is 25.3 Å². The number of benzene rings is 2. The molecule has 0 unspecified atom stereocenters. The van der Waals surface area contributed by atoms with Gasteiger partial charge in [0.05, 0.1) is 18.2 Å². The monoisotopic (exact) mass is 591 g/mol. The average Bonchev–Trinajstić information content (AvgIpc) is 3.66. The zero-order valence-electron chi connectivity index (χ0n) is 23.0. The lowest BCUT2D eigenvalue weighted by atomic mass is 9.82. The van der Waals surface area contributed by atoms with Crippen LogP contribution in [0, 0.1) is 5.82 Å². The molecule has 1 amide bonds. The standard InChI is InChI=1S/C31H25F4N5O3/c1-30(29-37-10-11-38-29)16-43-27-21(30)14-23(40-26(27)17-5-7-20(32)8-6-17)22(31(33,34)35)15-39-28(41)19-12-18-4-3-9-36-25(18)24(13-19)42-2/h3-14,22H,15-16H2,1-2H3,(H,37,38)(H,39,41)/t22-,30+/m1/s1. The molecule has 0 saturated carbocycles. The predicted octanol–water partition coefficient (Wildman–Crippen LogP) is 5.94. The molecule has 43 heavy (non-hydrogen) atoms. The molecular formula is C31H25F4N5O3. The van der Waals surface area contributed by atoms with Gasteiger partial charge in [-0.25, -0.2) is 14.4 Å². The molecule has 1 aliphatic rings. The summed E-state index contributed by atoms with van der Waals surface area (Å²) in [4.78, 5) is 29.2. The Bertz CT molecular complexity index is 1810. The summed E-state index contributed by atoms with van der Waals surface area (Å²) in [7, 11) is 1.42. The van der Waals surface area contributed by atoms with Gasteiger partial charge in [-0.05, 0) is 55.5 Å². The lowest BCUT2D eigenvalue weighted by Gasteiger charge is -2.24. The van der Waals surface area contributed by atoms with Crippen LogP contribution in [0.4, 0.5) is 17.6 Å². The van der Waals surface area contributed by atoms with E-state index < -0.39 is 35.8 Å². The summed E-state index contributed by atoms with van der Waals surface area (Å²) in [6.45, 7) is 1.12. The summed E-state index contributed by atoms with van der Waals surface area (Å²) in [5, 5.41) is 3.03. The van der Waals surface area contributed by atoms with E-state index in [-0.39, 0.29) is 29.3 Å². The second kappa shape index (κ2) is 10.7. The van der Waals surface area contributed by atoms with E-state index in [1.54, 1.807) is 30.7 Å². The normalized spacial score (nSPS) is 16.9. The maximum Gasteiger partial charge on any atom is 0.398 e. The smallest absolute Gasteiger partial charge is 0.398 e. The summed E-state index contributed by atoms with van der Waals surface area (Å²) < 4.78 is 69.1. The number of pyridine rings is 2. The summed E-state index contributed by atoms with van der Waals surface area (Å²) in [5.74, 6) is -2.29. The summed E-state index contributed by atoms with van der Waals surface area (Å²) in [6.07, 6.45) is -0.0364. The lowest BCUT2D eigenvalue weighted by molar-refractivity contribution is -0.149. The minimum Gasteiger partial charge on any atom is -0.494 e. The molecule has 2 aromatic carbocycles. The Kier molecular flexibility index (Phi) is 6.99. The van der Waals surface area contributed by atoms with Crippen LogP contribution in [0.2, 0.25) is 0 Å². The number of rotatable bonds is 7. The molecule has 8 nitrogen and oxygen atoms in total. The number of amides is 1. The maximum absolute atomic E-state index is 14.7. The van der Waals surface area contributed by atoms with Gasteiger partial charge in [-0.3, -0.25) is 9.78 Å². The van der Waals surface area contributed by atoms with Crippen molar-refractivity contribution in [3.63, 3.8) is 0 Å². The second-order valence-electron chi connectivity index (χ2n) is 10.4. The number of fused-ring (bicyclic) bond motifs is 2. The van der Waals surface area contributed by atoms with Crippen molar-refractivity contribution >= 4 is 16.8 Å². The summed E-state index contributed by atoms with van der Waals surface area (Å²) >= 11 is 0. The third-order valence-corrected chi connectivity index (χ3v) is 7.60. The first-order valence-electron chi connectivity index (χ1n) is 13.3. The highest BCUT2D eigenvalue weighted by Gasteiger charge is 2.46. The van der Waals surface area contributed by atoms with Crippen molar-refractivity contribution < 1.29 is 31.8 Å². The number of hydrogen-bond donors (Lipinski definition) is 2. The van der Waals surface area contributed by atoms with Gasteiger partial charge in [0.25, 0.3) is 5.91 Å². The van der Waals surface area contributed by atoms with E-state index in [1.165, 1.54) is 49.6 Å². The van der Waals surface area contributed by atoms with E-state index in [0.717, 1.165) is 0 Å². The molecule has 220 valence electrons. The van der Waals surface area contributed by atoms with Crippen LogP contribution in [0.3, 0.4) is 0 Å². The minimum atomic E-state index is -4.78. The second-order valence-corrected chi connectivity index (χ2v) is 10.4. The number of aromatic nitrogens is 4. The number of H-pyrrole nitrogens is 1. The molecule has 0 radical (unpaired) electrons. The number of alkyl halides is 3. The van der Waals surface area contributed by atoms with Crippen molar-refractivity contribution in [2.45, 2.75) is 24.4 Å². The first-order chi connectivity index (χ1) is 20.6. The lowest BCUT2D eigenvalue weighted by Crippen LogP contribution is -2.36. The van der Waals surface area contributed by atoms with Crippen LogP contribution in [-0.4, -0.2) is 52.3 Å². The molecule has 6 rings (SSSR count).